The lowest BCUT2D eigenvalue weighted by Crippen LogP contribution is -2.49. The molecule has 0 saturated carbocycles. The Hall–Kier alpha value is -2.95. The number of para-hydroxylation sites is 1. The lowest BCUT2D eigenvalue weighted by atomic mass is 10.1. The molecule has 5 heteroatoms. The summed E-state index contributed by atoms with van der Waals surface area (Å²) in [7, 11) is 0. The van der Waals surface area contributed by atoms with Crippen molar-refractivity contribution in [2.24, 2.45) is 0 Å². The van der Waals surface area contributed by atoms with Crippen molar-refractivity contribution in [3.05, 3.63) is 59.3 Å². The molecule has 0 aliphatic carbocycles. The van der Waals surface area contributed by atoms with Crippen molar-refractivity contribution in [1.29, 1.82) is 0 Å². The van der Waals surface area contributed by atoms with E-state index in [4.69, 9.17) is 4.74 Å². The van der Waals surface area contributed by atoms with Crippen molar-refractivity contribution in [2.75, 3.05) is 31.1 Å². The number of piperazine rings is 1. The van der Waals surface area contributed by atoms with Crippen molar-refractivity contribution < 1.29 is 9.53 Å². The van der Waals surface area contributed by atoms with Gasteiger partial charge in [0.1, 0.15) is 17.5 Å². The van der Waals surface area contributed by atoms with Crippen molar-refractivity contribution in [3.63, 3.8) is 0 Å². The summed E-state index contributed by atoms with van der Waals surface area (Å²) in [6.07, 6.45) is 1.04. The molecular weight excluding hydrogens is 374 g/mol. The number of aryl methyl sites for hydroxylation is 2. The van der Waals surface area contributed by atoms with E-state index in [0.717, 1.165) is 61.5 Å². The molecule has 2 aliphatic rings. The highest BCUT2D eigenvalue weighted by Crippen LogP contribution is 2.34. The number of carbonyl (C=O) groups excluding carboxylic acids is 1. The van der Waals surface area contributed by atoms with E-state index in [2.05, 4.69) is 54.5 Å². The zero-order valence-corrected chi connectivity index (χ0v) is 18.0. The number of benzene rings is 2. The van der Waals surface area contributed by atoms with Gasteiger partial charge < -0.3 is 19.1 Å². The second-order valence-corrected chi connectivity index (χ2v) is 8.55. The van der Waals surface area contributed by atoms with E-state index in [1.165, 1.54) is 16.8 Å². The van der Waals surface area contributed by atoms with Gasteiger partial charge in [0.15, 0.2) is 0 Å². The smallest absolute Gasteiger partial charge is 0.270 e. The summed E-state index contributed by atoms with van der Waals surface area (Å²) in [5, 5.41) is 1.08. The Bertz CT molecular complexity index is 1110. The highest BCUT2D eigenvalue weighted by Gasteiger charge is 2.29. The summed E-state index contributed by atoms with van der Waals surface area (Å²) in [6, 6.07) is 14.7. The van der Waals surface area contributed by atoms with E-state index in [0.29, 0.717) is 0 Å². The molecule has 1 aromatic heterocycles. The molecule has 1 atom stereocenters. The van der Waals surface area contributed by atoms with Crippen molar-refractivity contribution >= 4 is 22.5 Å². The molecular formula is C25H29N3O2. The minimum Gasteiger partial charge on any atom is -0.486 e. The molecule has 2 aromatic carbocycles. The van der Waals surface area contributed by atoms with Crippen LogP contribution in [0.4, 0.5) is 5.69 Å². The average Bonchev–Trinajstić information content (AvgIpc) is 3.15. The Morgan fingerprint density at radius 2 is 1.87 bits per heavy atom. The standard InChI is InChI=1S/C25H29N3O2/c1-4-20-16-28-22(15-19-6-5-7-23(30-20)24(19)28)25(29)27-12-10-26(11-13-27)21-14-17(2)8-9-18(21)3/h5-9,14-15,20H,4,10-13,16H2,1-3H3/t20-/m0/s1. The third-order valence-electron chi connectivity index (χ3n) is 6.51. The maximum Gasteiger partial charge on any atom is 0.270 e. The predicted molar refractivity (Wildman–Crippen MR) is 121 cm³/mol. The second-order valence-electron chi connectivity index (χ2n) is 8.55. The lowest BCUT2D eigenvalue weighted by Gasteiger charge is -2.37. The van der Waals surface area contributed by atoms with E-state index in [1.54, 1.807) is 0 Å². The lowest BCUT2D eigenvalue weighted by molar-refractivity contribution is 0.0730. The zero-order chi connectivity index (χ0) is 20.8. The molecule has 0 unspecified atom stereocenters. The molecule has 3 heterocycles. The average molecular weight is 404 g/mol. The monoisotopic (exact) mass is 403 g/mol. The van der Waals surface area contributed by atoms with Crippen LogP contribution in [0.5, 0.6) is 5.75 Å². The third-order valence-corrected chi connectivity index (χ3v) is 6.51. The molecule has 0 radical (unpaired) electrons. The number of rotatable bonds is 3. The Morgan fingerprint density at radius 3 is 2.63 bits per heavy atom. The normalized spacial score (nSPS) is 18.6. The SMILES string of the molecule is CC[C@H]1Cn2c(C(=O)N3CCN(c4cc(C)ccc4C)CC3)cc3cccc(c32)O1. The second kappa shape index (κ2) is 7.38. The van der Waals surface area contributed by atoms with Gasteiger partial charge in [-0.05, 0) is 49.6 Å². The van der Waals surface area contributed by atoms with E-state index in [9.17, 15) is 4.79 Å². The van der Waals surface area contributed by atoms with Gasteiger partial charge in [-0.25, -0.2) is 0 Å². The minimum atomic E-state index is 0.114. The maximum atomic E-state index is 13.5. The summed E-state index contributed by atoms with van der Waals surface area (Å²) in [5.41, 5.74) is 5.70. The fourth-order valence-corrected chi connectivity index (χ4v) is 4.76. The third kappa shape index (κ3) is 3.13. The van der Waals surface area contributed by atoms with Crippen LogP contribution < -0.4 is 9.64 Å². The number of aromatic nitrogens is 1. The van der Waals surface area contributed by atoms with Gasteiger partial charge in [-0.1, -0.05) is 31.2 Å². The molecule has 0 bridgehead atoms. The Balaban J connectivity index is 1.39. The molecule has 5 nitrogen and oxygen atoms in total. The van der Waals surface area contributed by atoms with Gasteiger partial charge in [0.25, 0.3) is 5.91 Å². The van der Waals surface area contributed by atoms with Crippen LogP contribution in [0, 0.1) is 13.8 Å². The van der Waals surface area contributed by atoms with Crippen LogP contribution in [0.1, 0.15) is 35.0 Å². The number of hydrogen-bond donors (Lipinski definition) is 0. The van der Waals surface area contributed by atoms with E-state index < -0.39 is 0 Å². The topological polar surface area (TPSA) is 37.7 Å². The van der Waals surface area contributed by atoms with Gasteiger partial charge >= 0.3 is 0 Å². The fourth-order valence-electron chi connectivity index (χ4n) is 4.76. The van der Waals surface area contributed by atoms with Crippen LogP contribution in [0.15, 0.2) is 42.5 Å². The summed E-state index contributed by atoms with van der Waals surface area (Å²) in [6.45, 7) is 10.4. The maximum absolute atomic E-state index is 13.5. The van der Waals surface area contributed by atoms with E-state index >= 15 is 0 Å². The number of hydrogen-bond acceptors (Lipinski definition) is 3. The van der Waals surface area contributed by atoms with Crippen molar-refractivity contribution in [1.82, 2.24) is 9.47 Å². The van der Waals surface area contributed by atoms with Crippen molar-refractivity contribution in [3.8, 4) is 5.75 Å². The Kier molecular flexibility index (Phi) is 4.69. The quantitative estimate of drug-likeness (QED) is 0.651. The summed E-state index contributed by atoms with van der Waals surface area (Å²) in [5.74, 6) is 1.03. The van der Waals surface area contributed by atoms with Gasteiger partial charge in [-0.2, -0.15) is 0 Å². The molecule has 156 valence electrons. The van der Waals surface area contributed by atoms with Crippen LogP contribution in [0.25, 0.3) is 10.9 Å². The Labute approximate surface area is 177 Å². The number of nitrogens with zero attached hydrogens (tertiary/aromatic N) is 3. The summed E-state index contributed by atoms with van der Waals surface area (Å²) in [4.78, 5) is 17.9. The number of amides is 1. The molecule has 0 spiro atoms. The Morgan fingerprint density at radius 1 is 1.07 bits per heavy atom. The predicted octanol–water partition coefficient (Wildman–Crippen LogP) is 4.39. The van der Waals surface area contributed by atoms with Crippen LogP contribution in [0.2, 0.25) is 0 Å². The number of ether oxygens (including phenoxy) is 1. The highest BCUT2D eigenvalue weighted by molar-refractivity contribution is 6.00. The first-order valence-corrected chi connectivity index (χ1v) is 11.0. The molecule has 5 rings (SSSR count). The van der Waals surface area contributed by atoms with Crippen LogP contribution >= 0.6 is 0 Å². The van der Waals surface area contributed by atoms with Crippen LogP contribution in [-0.2, 0) is 6.54 Å². The molecule has 1 fully saturated rings. The highest BCUT2D eigenvalue weighted by atomic mass is 16.5. The molecule has 30 heavy (non-hydrogen) atoms. The van der Waals surface area contributed by atoms with Crippen molar-refractivity contribution in [2.45, 2.75) is 39.8 Å². The van der Waals surface area contributed by atoms with E-state index in [1.807, 2.05) is 23.1 Å². The van der Waals surface area contributed by atoms with Gasteiger partial charge in [0.2, 0.25) is 0 Å². The first kappa shape index (κ1) is 19.0. The fraction of sp³-hybridized carbons (Fsp3) is 0.400. The largest absolute Gasteiger partial charge is 0.486 e. The minimum absolute atomic E-state index is 0.114. The summed E-state index contributed by atoms with van der Waals surface area (Å²) >= 11 is 0. The molecule has 1 saturated heterocycles. The first-order chi connectivity index (χ1) is 14.5. The van der Waals surface area contributed by atoms with Gasteiger partial charge in [-0.3, -0.25) is 4.79 Å². The molecule has 3 aromatic rings. The van der Waals surface area contributed by atoms with Gasteiger partial charge in [0.05, 0.1) is 12.1 Å². The molecule has 0 N–H and O–H groups in total. The zero-order valence-electron chi connectivity index (χ0n) is 18.0. The molecule has 2 aliphatic heterocycles. The first-order valence-electron chi connectivity index (χ1n) is 11.0. The van der Waals surface area contributed by atoms with Crippen LogP contribution in [0.3, 0.4) is 0 Å². The van der Waals surface area contributed by atoms with Gasteiger partial charge in [0, 0.05) is 37.3 Å². The van der Waals surface area contributed by atoms with Crippen LogP contribution in [-0.4, -0.2) is 47.7 Å². The number of anilines is 1. The van der Waals surface area contributed by atoms with E-state index in [-0.39, 0.29) is 12.0 Å². The molecule has 1 amide bonds. The summed E-state index contributed by atoms with van der Waals surface area (Å²) < 4.78 is 8.31. The number of carbonyl (C=O) groups is 1. The van der Waals surface area contributed by atoms with Gasteiger partial charge in [-0.15, -0.1) is 0 Å².